The molecule has 3 heterocycles. The van der Waals surface area contributed by atoms with Gasteiger partial charge >= 0.3 is 0 Å². The topological polar surface area (TPSA) is 75.0 Å². The fraction of sp³-hybridized carbons (Fsp3) is 0.381. The van der Waals surface area contributed by atoms with E-state index in [1.165, 1.54) is 0 Å². The highest BCUT2D eigenvalue weighted by Crippen LogP contribution is 2.33. The maximum atomic E-state index is 12.9. The van der Waals surface area contributed by atoms with Crippen LogP contribution in [0.4, 0.5) is 0 Å². The van der Waals surface area contributed by atoms with Gasteiger partial charge in [-0.2, -0.15) is 5.10 Å². The van der Waals surface area contributed by atoms with Crippen LogP contribution in [0.5, 0.6) is 0 Å². The van der Waals surface area contributed by atoms with Crippen LogP contribution in [0.25, 0.3) is 11.1 Å². The monoisotopic (exact) mass is 364 g/mol. The van der Waals surface area contributed by atoms with E-state index in [0.717, 1.165) is 54.8 Å². The molecule has 1 aromatic carbocycles. The van der Waals surface area contributed by atoms with E-state index in [1.807, 2.05) is 29.3 Å². The third-order valence-corrected chi connectivity index (χ3v) is 5.14. The number of aryl methyl sites for hydroxylation is 1. The summed E-state index contributed by atoms with van der Waals surface area (Å²) in [5.41, 5.74) is 3.77. The van der Waals surface area contributed by atoms with E-state index in [4.69, 9.17) is 4.52 Å². The number of benzene rings is 1. The number of aromatic nitrogens is 3. The lowest BCUT2D eigenvalue weighted by Crippen LogP contribution is -2.39. The van der Waals surface area contributed by atoms with Gasteiger partial charge in [0.15, 0.2) is 5.69 Å². The van der Waals surface area contributed by atoms with E-state index >= 15 is 0 Å². The molecule has 1 amide bonds. The van der Waals surface area contributed by atoms with E-state index in [-0.39, 0.29) is 11.8 Å². The van der Waals surface area contributed by atoms with Crippen LogP contribution in [0.2, 0.25) is 0 Å². The van der Waals surface area contributed by atoms with Gasteiger partial charge in [0.25, 0.3) is 5.91 Å². The minimum absolute atomic E-state index is 0.0495. The second-order valence-electron chi connectivity index (χ2n) is 7.08. The van der Waals surface area contributed by atoms with Gasteiger partial charge < -0.3 is 9.42 Å². The Kier molecular flexibility index (Phi) is 5.05. The summed E-state index contributed by atoms with van der Waals surface area (Å²) in [4.78, 5) is 14.8. The lowest BCUT2D eigenvalue weighted by Gasteiger charge is -2.32. The van der Waals surface area contributed by atoms with Crippen molar-refractivity contribution in [2.75, 3.05) is 13.1 Å². The average molecular weight is 364 g/mol. The molecule has 6 nitrogen and oxygen atoms in total. The van der Waals surface area contributed by atoms with Crippen molar-refractivity contribution in [2.24, 2.45) is 0 Å². The highest BCUT2D eigenvalue weighted by Gasteiger charge is 2.29. The molecule has 27 heavy (non-hydrogen) atoms. The number of hydrogen-bond acceptors (Lipinski definition) is 4. The molecule has 0 saturated carbocycles. The van der Waals surface area contributed by atoms with Crippen LogP contribution in [0, 0.1) is 0 Å². The molecule has 1 N–H and O–H groups in total. The Balaban J connectivity index is 1.52. The second-order valence-corrected chi connectivity index (χ2v) is 7.08. The first-order valence-corrected chi connectivity index (χ1v) is 9.59. The van der Waals surface area contributed by atoms with Crippen LogP contribution in [-0.2, 0) is 6.42 Å². The zero-order valence-corrected chi connectivity index (χ0v) is 15.5. The first kappa shape index (κ1) is 17.5. The van der Waals surface area contributed by atoms with Crippen molar-refractivity contribution in [3.8, 4) is 11.1 Å². The summed E-state index contributed by atoms with van der Waals surface area (Å²) in [7, 11) is 0. The standard InChI is InChI=1S/C21H24N4O2/c1-2-7-17-12-19(24-27-17)21(26)25-11-6-10-16(14-25)20-18(13-22-23-20)15-8-4-3-5-9-15/h3-5,8-9,12-13,16H,2,6-7,10-11,14H2,1H3,(H,22,23)/t16-/m1/s1. The zero-order valence-electron chi connectivity index (χ0n) is 15.5. The van der Waals surface area contributed by atoms with Gasteiger partial charge in [-0.05, 0) is 24.8 Å². The Morgan fingerprint density at radius 3 is 3.00 bits per heavy atom. The lowest BCUT2D eigenvalue weighted by atomic mass is 9.90. The number of amides is 1. The Labute approximate surface area is 158 Å². The highest BCUT2D eigenvalue weighted by molar-refractivity contribution is 5.92. The first-order chi connectivity index (χ1) is 13.3. The maximum Gasteiger partial charge on any atom is 0.276 e. The molecule has 4 rings (SSSR count). The van der Waals surface area contributed by atoms with E-state index in [0.29, 0.717) is 12.2 Å². The second kappa shape index (κ2) is 7.78. The number of hydrogen-bond donors (Lipinski definition) is 1. The molecule has 0 spiro atoms. The van der Waals surface area contributed by atoms with Gasteiger partial charge in [-0.1, -0.05) is 42.4 Å². The molecule has 1 atom stereocenters. The van der Waals surface area contributed by atoms with Crippen molar-refractivity contribution in [3.63, 3.8) is 0 Å². The summed E-state index contributed by atoms with van der Waals surface area (Å²) >= 11 is 0. The van der Waals surface area contributed by atoms with Gasteiger partial charge in [-0.25, -0.2) is 0 Å². The highest BCUT2D eigenvalue weighted by atomic mass is 16.5. The van der Waals surface area contributed by atoms with Gasteiger partial charge in [0.2, 0.25) is 0 Å². The lowest BCUT2D eigenvalue weighted by molar-refractivity contribution is 0.0695. The minimum Gasteiger partial charge on any atom is -0.361 e. The fourth-order valence-electron chi connectivity index (χ4n) is 3.79. The van der Waals surface area contributed by atoms with Crippen molar-refractivity contribution < 1.29 is 9.32 Å². The Morgan fingerprint density at radius 2 is 2.19 bits per heavy atom. The van der Waals surface area contributed by atoms with E-state index in [9.17, 15) is 4.79 Å². The number of aromatic amines is 1. The molecule has 1 saturated heterocycles. The van der Waals surface area contributed by atoms with Crippen molar-refractivity contribution in [1.82, 2.24) is 20.3 Å². The van der Waals surface area contributed by atoms with E-state index in [1.54, 1.807) is 6.07 Å². The van der Waals surface area contributed by atoms with E-state index in [2.05, 4.69) is 34.4 Å². The van der Waals surface area contributed by atoms with Crippen LogP contribution >= 0.6 is 0 Å². The predicted molar refractivity (Wildman–Crippen MR) is 102 cm³/mol. The third-order valence-electron chi connectivity index (χ3n) is 5.14. The fourth-order valence-corrected chi connectivity index (χ4v) is 3.79. The molecule has 1 fully saturated rings. The zero-order chi connectivity index (χ0) is 18.6. The average Bonchev–Trinajstić information content (AvgIpc) is 3.38. The predicted octanol–water partition coefficient (Wildman–Crippen LogP) is 4.04. The minimum atomic E-state index is -0.0495. The molecule has 140 valence electrons. The van der Waals surface area contributed by atoms with Gasteiger partial charge in [-0.15, -0.1) is 0 Å². The number of rotatable bonds is 5. The molecule has 0 aliphatic carbocycles. The van der Waals surface area contributed by atoms with Crippen molar-refractivity contribution in [3.05, 3.63) is 59.7 Å². The maximum absolute atomic E-state index is 12.9. The smallest absolute Gasteiger partial charge is 0.276 e. The molecular formula is C21H24N4O2. The molecule has 2 aromatic heterocycles. The molecular weight excluding hydrogens is 340 g/mol. The van der Waals surface area contributed by atoms with Gasteiger partial charge in [0.1, 0.15) is 5.76 Å². The first-order valence-electron chi connectivity index (χ1n) is 9.59. The van der Waals surface area contributed by atoms with E-state index < -0.39 is 0 Å². The van der Waals surface area contributed by atoms with Gasteiger partial charge in [-0.3, -0.25) is 9.89 Å². The number of nitrogens with one attached hydrogen (secondary N) is 1. The number of H-pyrrole nitrogens is 1. The summed E-state index contributed by atoms with van der Waals surface area (Å²) in [5, 5.41) is 11.4. The largest absolute Gasteiger partial charge is 0.361 e. The molecule has 3 aromatic rings. The van der Waals surface area contributed by atoms with Crippen LogP contribution in [0.3, 0.4) is 0 Å². The van der Waals surface area contributed by atoms with Gasteiger partial charge in [0.05, 0.1) is 6.20 Å². The summed E-state index contributed by atoms with van der Waals surface area (Å²) in [6.45, 7) is 3.49. The molecule has 0 bridgehead atoms. The normalized spacial score (nSPS) is 17.2. The number of carbonyl (C=O) groups is 1. The quantitative estimate of drug-likeness (QED) is 0.741. The summed E-state index contributed by atoms with van der Waals surface area (Å²) in [6.07, 6.45) is 5.64. The number of nitrogens with zero attached hydrogens (tertiary/aromatic N) is 3. The van der Waals surface area contributed by atoms with Crippen LogP contribution < -0.4 is 0 Å². The van der Waals surface area contributed by atoms with Crippen LogP contribution in [-0.4, -0.2) is 39.3 Å². The Hall–Kier alpha value is -2.89. The Morgan fingerprint density at radius 1 is 1.33 bits per heavy atom. The van der Waals surface area contributed by atoms with Crippen molar-refractivity contribution in [1.29, 1.82) is 0 Å². The summed E-state index contributed by atoms with van der Waals surface area (Å²) in [5.74, 6) is 0.961. The number of likely N-dealkylation sites (tertiary alicyclic amines) is 1. The van der Waals surface area contributed by atoms with Gasteiger partial charge in [0, 0.05) is 42.8 Å². The molecule has 0 unspecified atom stereocenters. The molecule has 0 radical (unpaired) electrons. The third kappa shape index (κ3) is 3.65. The molecule has 1 aliphatic heterocycles. The summed E-state index contributed by atoms with van der Waals surface area (Å²) < 4.78 is 5.28. The molecule has 1 aliphatic rings. The number of carbonyl (C=O) groups excluding carboxylic acids is 1. The Bertz CT molecular complexity index is 900. The van der Waals surface area contributed by atoms with Crippen molar-refractivity contribution in [2.45, 2.75) is 38.5 Å². The number of piperidine rings is 1. The van der Waals surface area contributed by atoms with Crippen LogP contribution in [0.15, 0.2) is 47.1 Å². The SMILES string of the molecule is CCCc1cc(C(=O)N2CCC[C@@H](c3[nH]ncc3-c3ccccc3)C2)no1. The summed E-state index contributed by atoms with van der Waals surface area (Å²) in [6, 6.07) is 12.0. The molecule has 6 heteroatoms. The van der Waals surface area contributed by atoms with Crippen molar-refractivity contribution >= 4 is 5.91 Å². The van der Waals surface area contributed by atoms with Crippen LogP contribution in [0.1, 0.15) is 54.0 Å².